The van der Waals surface area contributed by atoms with E-state index in [0.717, 1.165) is 4.47 Å². The number of hydrogen-bond donors (Lipinski definition) is 0. The van der Waals surface area contributed by atoms with Gasteiger partial charge in [-0.25, -0.2) is 8.42 Å². The van der Waals surface area contributed by atoms with Gasteiger partial charge in [-0.15, -0.1) is 0 Å². The monoisotopic (exact) mass is 246 g/mol. The smallest absolute Gasteiger partial charge is 0.237 e. The lowest BCUT2D eigenvalue weighted by Crippen LogP contribution is -2.06. The van der Waals surface area contributed by atoms with Crippen LogP contribution in [-0.4, -0.2) is 15.0 Å². The fourth-order valence-electron chi connectivity index (χ4n) is 0.809. The van der Waals surface area contributed by atoms with Gasteiger partial charge in [-0.1, -0.05) is 22.8 Å². The molecule has 0 radical (unpaired) electrons. The number of hydrogen-bond acceptors (Lipinski definition) is 2. The normalized spacial score (nSPS) is 11.2. The van der Waals surface area contributed by atoms with Gasteiger partial charge in [0.2, 0.25) is 0 Å². The first-order chi connectivity index (χ1) is 5.56. The third kappa shape index (κ3) is 2.11. The van der Waals surface area contributed by atoms with Gasteiger partial charge in [0, 0.05) is 4.47 Å². The molecule has 0 aliphatic rings. The molecule has 1 aromatic rings. The summed E-state index contributed by atoms with van der Waals surface area (Å²) in [6, 6.07) is 6.65. The summed E-state index contributed by atoms with van der Waals surface area (Å²) < 4.78 is 23.5. The quantitative estimate of drug-likeness (QED) is 0.744. The van der Waals surface area contributed by atoms with E-state index in [4.69, 9.17) is 0 Å². The molecule has 12 heavy (non-hydrogen) atoms. The number of rotatable bonds is 2. The first-order valence-corrected chi connectivity index (χ1v) is 5.99. The van der Waals surface area contributed by atoms with Crippen molar-refractivity contribution in [2.24, 2.45) is 0 Å². The molecule has 0 atom stereocenters. The molecule has 0 amide bonds. The van der Waals surface area contributed by atoms with Gasteiger partial charge in [0.25, 0.3) is 6.56 Å². The highest BCUT2D eigenvalue weighted by Gasteiger charge is 2.11. The fraction of sp³-hybridized carbons (Fsp3) is 0.143. The maximum atomic E-state index is 11.3. The standard InChI is InChI=1S/C7H8BBrO2S/c1-8-12(10,11)7-4-2-6(9)3-5-7/h2-5,8H,1H3. The molecule has 0 fully saturated rings. The molecular weight excluding hydrogens is 239 g/mol. The van der Waals surface area contributed by atoms with E-state index < -0.39 is 9.69 Å². The van der Waals surface area contributed by atoms with Gasteiger partial charge in [0.05, 0.1) is 4.90 Å². The van der Waals surface area contributed by atoms with Crippen LogP contribution in [0.2, 0.25) is 6.82 Å². The summed E-state index contributed by atoms with van der Waals surface area (Å²) in [5.41, 5.74) is 0. The highest BCUT2D eigenvalue weighted by Crippen LogP contribution is 2.14. The van der Waals surface area contributed by atoms with E-state index in [-0.39, 0.29) is 6.56 Å². The van der Waals surface area contributed by atoms with Crippen molar-refractivity contribution in [3.05, 3.63) is 28.7 Å². The highest BCUT2D eigenvalue weighted by atomic mass is 79.9. The number of benzene rings is 1. The van der Waals surface area contributed by atoms with E-state index in [1.807, 2.05) is 0 Å². The summed E-state index contributed by atoms with van der Waals surface area (Å²) in [5, 5.41) is 0. The maximum absolute atomic E-state index is 11.3. The Morgan fingerprint density at radius 2 is 1.75 bits per heavy atom. The Kier molecular flexibility index (Phi) is 2.96. The Labute approximate surface area is 81.2 Å². The predicted octanol–water partition coefficient (Wildman–Crippen LogP) is 1.62. The first kappa shape index (κ1) is 9.80. The van der Waals surface area contributed by atoms with Crippen molar-refractivity contribution in [3.8, 4) is 0 Å². The summed E-state index contributed by atoms with van der Waals surface area (Å²) in [4.78, 5) is 0.383. The van der Waals surface area contributed by atoms with Crippen LogP contribution in [0.4, 0.5) is 0 Å². The second-order valence-electron chi connectivity index (χ2n) is 2.36. The summed E-state index contributed by atoms with van der Waals surface area (Å²) >= 11 is 3.24. The lowest BCUT2D eigenvalue weighted by molar-refractivity contribution is 0.609. The molecule has 1 aromatic carbocycles. The van der Waals surface area contributed by atoms with Crippen molar-refractivity contribution in [2.45, 2.75) is 11.7 Å². The molecule has 0 spiro atoms. The van der Waals surface area contributed by atoms with Crippen LogP contribution in [-0.2, 0) is 9.69 Å². The summed E-state index contributed by atoms with van der Waals surface area (Å²) in [7, 11) is -3.04. The topological polar surface area (TPSA) is 34.1 Å². The average Bonchev–Trinajstić information content (AvgIpc) is 2.05. The summed E-state index contributed by atoms with van der Waals surface area (Å²) in [6.07, 6.45) is 0. The van der Waals surface area contributed by atoms with Crippen molar-refractivity contribution in [1.29, 1.82) is 0 Å². The second-order valence-corrected chi connectivity index (χ2v) is 5.55. The van der Waals surface area contributed by atoms with Crippen molar-refractivity contribution in [1.82, 2.24) is 0 Å². The van der Waals surface area contributed by atoms with E-state index in [2.05, 4.69) is 15.9 Å². The third-order valence-corrected chi connectivity index (χ3v) is 3.83. The molecule has 0 unspecified atom stereocenters. The minimum absolute atomic E-state index is 0.147. The van der Waals surface area contributed by atoms with Crippen molar-refractivity contribution < 1.29 is 8.42 Å². The molecular formula is C7H8BBrO2S. The molecule has 0 aliphatic heterocycles. The zero-order valence-electron chi connectivity index (χ0n) is 6.62. The fourth-order valence-corrected chi connectivity index (χ4v) is 1.96. The van der Waals surface area contributed by atoms with Crippen LogP contribution in [0.3, 0.4) is 0 Å². The Morgan fingerprint density at radius 3 is 2.17 bits per heavy atom. The first-order valence-electron chi connectivity index (χ1n) is 3.54. The Morgan fingerprint density at radius 1 is 1.25 bits per heavy atom. The van der Waals surface area contributed by atoms with Crippen molar-refractivity contribution in [3.63, 3.8) is 0 Å². The summed E-state index contributed by atoms with van der Waals surface area (Å²) in [6.45, 7) is 1.78. The van der Waals surface area contributed by atoms with Crippen molar-refractivity contribution in [2.75, 3.05) is 0 Å². The van der Waals surface area contributed by atoms with Gasteiger partial charge in [-0.3, -0.25) is 0 Å². The van der Waals surface area contributed by atoms with Gasteiger partial charge < -0.3 is 0 Å². The largest absolute Gasteiger partial charge is 0.277 e. The molecule has 0 saturated heterocycles. The van der Waals surface area contributed by atoms with Gasteiger partial charge in [-0.2, -0.15) is 0 Å². The van der Waals surface area contributed by atoms with Gasteiger partial charge in [-0.05, 0) is 24.3 Å². The minimum Gasteiger partial charge on any atom is -0.237 e. The maximum Gasteiger partial charge on any atom is 0.277 e. The molecule has 2 nitrogen and oxygen atoms in total. The second kappa shape index (κ2) is 3.62. The van der Waals surface area contributed by atoms with E-state index in [1.165, 1.54) is 0 Å². The van der Waals surface area contributed by atoms with Gasteiger partial charge >= 0.3 is 0 Å². The van der Waals surface area contributed by atoms with E-state index in [1.54, 1.807) is 31.1 Å². The zero-order chi connectivity index (χ0) is 9.19. The lowest BCUT2D eigenvalue weighted by atomic mass is 10.2. The van der Waals surface area contributed by atoms with Crippen LogP contribution < -0.4 is 0 Å². The Bertz CT molecular complexity index is 357. The van der Waals surface area contributed by atoms with E-state index in [9.17, 15) is 8.42 Å². The Hall–Kier alpha value is -0.285. The predicted molar refractivity (Wildman–Crippen MR) is 54.3 cm³/mol. The van der Waals surface area contributed by atoms with Gasteiger partial charge in [0.1, 0.15) is 9.69 Å². The third-order valence-electron chi connectivity index (χ3n) is 1.55. The molecule has 5 heteroatoms. The van der Waals surface area contributed by atoms with Crippen molar-refractivity contribution >= 4 is 32.2 Å². The zero-order valence-corrected chi connectivity index (χ0v) is 9.02. The summed E-state index contributed by atoms with van der Waals surface area (Å²) in [5.74, 6) is 0. The molecule has 0 aromatic heterocycles. The van der Waals surface area contributed by atoms with Crippen LogP contribution in [0.5, 0.6) is 0 Å². The minimum atomic E-state index is -3.04. The van der Waals surface area contributed by atoms with E-state index >= 15 is 0 Å². The van der Waals surface area contributed by atoms with Crippen LogP contribution >= 0.6 is 15.9 Å². The molecule has 0 aliphatic carbocycles. The molecule has 1 rings (SSSR count). The molecule has 0 bridgehead atoms. The van der Waals surface area contributed by atoms with Crippen LogP contribution in [0.25, 0.3) is 0 Å². The average molecular weight is 247 g/mol. The molecule has 64 valence electrons. The SMILES string of the molecule is CBS(=O)(=O)c1ccc(Br)cc1. The van der Waals surface area contributed by atoms with Gasteiger partial charge in [0.15, 0.2) is 0 Å². The van der Waals surface area contributed by atoms with Crippen LogP contribution in [0.1, 0.15) is 0 Å². The highest BCUT2D eigenvalue weighted by molar-refractivity contribution is 9.10. The Balaban J connectivity index is 3.14. The van der Waals surface area contributed by atoms with Crippen LogP contribution in [0.15, 0.2) is 33.6 Å². The molecule has 0 saturated carbocycles. The van der Waals surface area contributed by atoms with E-state index in [0.29, 0.717) is 4.90 Å². The molecule has 0 heterocycles. The lowest BCUT2D eigenvalue weighted by Gasteiger charge is -1.99. The number of halogens is 1. The van der Waals surface area contributed by atoms with Crippen LogP contribution in [0, 0.1) is 0 Å². The molecule has 0 N–H and O–H groups in total.